The maximum absolute atomic E-state index is 5.99. The molecular formula is C13H18ClNO. The number of rotatable bonds is 6. The smallest absolute Gasteiger partial charge is 0.142 e. The van der Waals surface area contributed by atoms with Gasteiger partial charge in [0.15, 0.2) is 0 Å². The summed E-state index contributed by atoms with van der Waals surface area (Å²) in [6.07, 6.45) is 3.71. The Labute approximate surface area is 102 Å². The maximum Gasteiger partial charge on any atom is 0.142 e. The van der Waals surface area contributed by atoms with Crippen LogP contribution in [0.15, 0.2) is 18.2 Å². The Morgan fingerprint density at radius 2 is 2.25 bits per heavy atom. The molecule has 0 unspecified atom stereocenters. The second kappa shape index (κ2) is 5.44. The fourth-order valence-electron chi connectivity index (χ4n) is 1.55. The molecular weight excluding hydrogens is 222 g/mol. The molecule has 1 aromatic rings. The molecule has 1 aromatic carbocycles. The zero-order valence-electron chi connectivity index (χ0n) is 9.63. The van der Waals surface area contributed by atoms with Gasteiger partial charge in [0.1, 0.15) is 5.75 Å². The first kappa shape index (κ1) is 11.6. The van der Waals surface area contributed by atoms with Crippen LogP contribution in [0, 0.1) is 5.92 Å². The van der Waals surface area contributed by atoms with Crippen LogP contribution in [-0.2, 0) is 0 Å². The van der Waals surface area contributed by atoms with Crippen LogP contribution in [0.3, 0.4) is 0 Å². The molecule has 0 bridgehead atoms. The minimum absolute atomic E-state index is 0.750. The molecule has 2 nitrogen and oxygen atoms in total. The summed E-state index contributed by atoms with van der Waals surface area (Å²) in [6, 6.07) is 5.75. The molecule has 0 heterocycles. The van der Waals surface area contributed by atoms with E-state index in [1.54, 1.807) is 0 Å². The first-order chi connectivity index (χ1) is 7.79. The topological polar surface area (TPSA) is 21.3 Å². The summed E-state index contributed by atoms with van der Waals surface area (Å²) in [7, 11) is 0. The maximum atomic E-state index is 5.99. The lowest BCUT2D eigenvalue weighted by Crippen LogP contribution is -2.06. The second-order valence-electron chi connectivity index (χ2n) is 4.31. The molecule has 1 aliphatic rings. The number of halogens is 1. The third-order valence-corrected chi connectivity index (χ3v) is 2.92. The van der Waals surface area contributed by atoms with Gasteiger partial charge in [0.2, 0.25) is 0 Å². The van der Waals surface area contributed by atoms with E-state index < -0.39 is 0 Å². The van der Waals surface area contributed by atoms with E-state index in [4.69, 9.17) is 16.3 Å². The molecule has 0 aliphatic heterocycles. The fourth-order valence-corrected chi connectivity index (χ4v) is 1.73. The highest BCUT2D eigenvalue weighted by Gasteiger charge is 2.21. The van der Waals surface area contributed by atoms with Gasteiger partial charge in [-0.05, 0) is 43.4 Å². The van der Waals surface area contributed by atoms with Crippen molar-refractivity contribution in [3.05, 3.63) is 23.2 Å². The van der Waals surface area contributed by atoms with E-state index in [2.05, 4.69) is 12.2 Å². The van der Waals surface area contributed by atoms with Gasteiger partial charge in [-0.1, -0.05) is 18.5 Å². The average Bonchev–Trinajstić information content (AvgIpc) is 3.09. The molecule has 0 atom stereocenters. The highest BCUT2D eigenvalue weighted by molar-refractivity contribution is 6.30. The van der Waals surface area contributed by atoms with Crippen molar-refractivity contribution in [2.75, 3.05) is 18.5 Å². The van der Waals surface area contributed by atoms with Crippen LogP contribution in [0.4, 0.5) is 5.69 Å². The molecule has 1 aliphatic carbocycles. The van der Waals surface area contributed by atoms with E-state index in [0.717, 1.165) is 41.9 Å². The summed E-state index contributed by atoms with van der Waals surface area (Å²) in [5.74, 6) is 1.75. The van der Waals surface area contributed by atoms with Gasteiger partial charge in [0.25, 0.3) is 0 Å². The summed E-state index contributed by atoms with van der Waals surface area (Å²) < 4.78 is 5.67. The molecule has 0 radical (unpaired) electrons. The van der Waals surface area contributed by atoms with E-state index in [0.29, 0.717) is 0 Å². The van der Waals surface area contributed by atoms with Crippen molar-refractivity contribution in [3.63, 3.8) is 0 Å². The lowest BCUT2D eigenvalue weighted by molar-refractivity contribution is 0.319. The van der Waals surface area contributed by atoms with Crippen molar-refractivity contribution in [2.45, 2.75) is 26.2 Å². The molecule has 0 aromatic heterocycles. The van der Waals surface area contributed by atoms with Gasteiger partial charge in [-0.15, -0.1) is 0 Å². The third-order valence-electron chi connectivity index (χ3n) is 2.68. The van der Waals surface area contributed by atoms with Gasteiger partial charge in [0, 0.05) is 11.6 Å². The molecule has 1 N–H and O–H groups in total. The Balaban J connectivity index is 2.01. The highest BCUT2D eigenvalue weighted by atomic mass is 35.5. The standard InChI is InChI=1S/C13H18ClNO/c1-2-7-16-13-6-5-11(14)8-12(13)15-9-10-3-4-10/h5-6,8,10,15H,2-4,7,9H2,1H3. The van der Waals surface area contributed by atoms with E-state index in [1.165, 1.54) is 12.8 Å². The van der Waals surface area contributed by atoms with Crippen LogP contribution < -0.4 is 10.1 Å². The molecule has 1 saturated carbocycles. The van der Waals surface area contributed by atoms with Gasteiger partial charge in [-0.25, -0.2) is 0 Å². The normalized spacial score (nSPS) is 14.9. The predicted molar refractivity (Wildman–Crippen MR) is 68.5 cm³/mol. The molecule has 1 fully saturated rings. The molecule has 88 valence electrons. The summed E-state index contributed by atoms with van der Waals surface area (Å²) in [5.41, 5.74) is 1.02. The molecule has 0 saturated heterocycles. The highest BCUT2D eigenvalue weighted by Crippen LogP contribution is 2.32. The molecule has 0 amide bonds. The van der Waals surface area contributed by atoms with Gasteiger partial charge in [-0.3, -0.25) is 0 Å². The Morgan fingerprint density at radius 1 is 1.44 bits per heavy atom. The molecule has 16 heavy (non-hydrogen) atoms. The van der Waals surface area contributed by atoms with Crippen LogP contribution in [-0.4, -0.2) is 13.2 Å². The first-order valence-corrected chi connectivity index (χ1v) is 6.33. The number of nitrogens with one attached hydrogen (secondary N) is 1. The van der Waals surface area contributed by atoms with Crippen LogP contribution in [0.25, 0.3) is 0 Å². The van der Waals surface area contributed by atoms with Crippen molar-refractivity contribution >= 4 is 17.3 Å². The van der Waals surface area contributed by atoms with E-state index in [-0.39, 0.29) is 0 Å². The Hall–Kier alpha value is -0.890. The Morgan fingerprint density at radius 3 is 2.94 bits per heavy atom. The number of anilines is 1. The van der Waals surface area contributed by atoms with E-state index in [9.17, 15) is 0 Å². The zero-order valence-corrected chi connectivity index (χ0v) is 10.4. The van der Waals surface area contributed by atoms with Crippen molar-refractivity contribution < 1.29 is 4.74 Å². The minimum Gasteiger partial charge on any atom is -0.491 e. The summed E-state index contributed by atoms with van der Waals surface area (Å²) in [4.78, 5) is 0. The van der Waals surface area contributed by atoms with Gasteiger partial charge >= 0.3 is 0 Å². The van der Waals surface area contributed by atoms with Crippen LogP contribution in [0.2, 0.25) is 5.02 Å². The van der Waals surface area contributed by atoms with Gasteiger partial charge in [0.05, 0.1) is 12.3 Å². The van der Waals surface area contributed by atoms with Crippen LogP contribution in [0.5, 0.6) is 5.75 Å². The third kappa shape index (κ3) is 3.31. The van der Waals surface area contributed by atoms with Crippen molar-refractivity contribution in [1.29, 1.82) is 0 Å². The van der Waals surface area contributed by atoms with E-state index in [1.807, 2.05) is 18.2 Å². The zero-order chi connectivity index (χ0) is 11.4. The predicted octanol–water partition coefficient (Wildman–Crippen LogP) is 3.95. The summed E-state index contributed by atoms with van der Waals surface area (Å²) in [5, 5.41) is 4.17. The van der Waals surface area contributed by atoms with E-state index >= 15 is 0 Å². The number of ether oxygens (including phenoxy) is 1. The second-order valence-corrected chi connectivity index (χ2v) is 4.75. The number of benzene rings is 1. The minimum atomic E-state index is 0.750. The van der Waals surface area contributed by atoms with Crippen molar-refractivity contribution in [1.82, 2.24) is 0 Å². The molecule has 3 heteroatoms. The quantitative estimate of drug-likeness (QED) is 0.812. The number of hydrogen-bond donors (Lipinski definition) is 1. The Kier molecular flexibility index (Phi) is 3.94. The van der Waals surface area contributed by atoms with Crippen molar-refractivity contribution in [3.8, 4) is 5.75 Å². The molecule has 2 rings (SSSR count). The SMILES string of the molecule is CCCOc1ccc(Cl)cc1NCC1CC1. The van der Waals surface area contributed by atoms with Crippen molar-refractivity contribution in [2.24, 2.45) is 5.92 Å². The van der Waals surface area contributed by atoms with Crippen LogP contribution in [0.1, 0.15) is 26.2 Å². The van der Waals surface area contributed by atoms with Gasteiger partial charge in [-0.2, -0.15) is 0 Å². The van der Waals surface area contributed by atoms with Crippen LogP contribution >= 0.6 is 11.6 Å². The van der Waals surface area contributed by atoms with Gasteiger partial charge < -0.3 is 10.1 Å². The lowest BCUT2D eigenvalue weighted by Gasteiger charge is -2.13. The fraction of sp³-hybridized carbons (Fsp3) is 0.538. The monoisotopic (exact) mass is 239 g/mol. The average molecular weight is 240 g/mol. The summed E-state index contributed by atoms with van der Waals surface area (Å²) >= 11 is 5.99. The lowest BCUT2D eigenvalue weighted by atomic mass is 10.2. The Bertz CT molecular complexity index is 350. The summed E-state index contributed by atoms with van der Waals surface area (Å²) in [6.45, 7) is 3.88. The molecule has 0 spiro atoms. The number of hydrogen-bond acceptors (Lipinski definition) is 2. The largest absolute Gasteiger partial charge is 0.491 e. The first-order valence-electron chi connectivity index (χ1n) is 5.96.